The lowest BCUT2D eigenvalue weighted by molar-refractivity contribution is -0.122. The van der Waals surface area contributed by atoms with Crippen LogP contribution in [0.25, 0.3) is 0 Å². The van der Waals surface area contributed by atoms with Crippen molar-refractivity contribution in [3.05, 3.63) is 83.4 Å². The smallest absolute Gasteiger partial charge is 0.265 e. The molecule has 7 nitrogen and oxygen atoms in total. The van der Waals surface area contributed by atoms with Gasteiger partial charge in [0.2, 0.25) is 11.8 Å². The summed E-state index contributed by atoms with van der Waals surface area (Å²) in [4.78, 5) is 25.7. The van der Waals surface area contributed by atoms with Crippen molar-refractivity contribution in [2.24, 2.45) is 0 Å². The van der Waals surface area contributed by atoms with E-state index in [1.807, 2.05) is 6.92 Å². The van der Waals surface area contributed by atoms with Gasteiger partial charge in [0.1, 0.15) is 6.04 Å². The van der Waals surface area contributed by atoms with Crippen molar-refractivity contribution in [2.75, 3.05) is 14.9 Å². The van der Waals surface area contributed by atoms with Crippen molar-refractivity contribution in [1.29, 1.82) is 0 Å². The van der Waals surface area contributed by atoms with Crippen LogP contribution in [0.3, 0.4) is 0 Å². The summed E-state index contributed by atoms with van der Waals surface area (Å²) in [5, 5.41) is 5.81. The zero-order chi connectivity index (χ0) is 22.9. The molecular weight excluding hydrogens is 450 g/mol. The van der Waals surface area contributed by atoms with Gasteiger partial charge in [-0.2, -0.15) is 0 Å². The van der Waals surface area contributed by atoms with E-state index in [-0.39, 0.29) is 11.3 Å². The Kier molecular flexibility index (Phi) is 5.90. The summed E-state index contributed by atoms with van der Waals surface area (Å²) in [5.74, 6) is -1.10. The number of carbonyl (C=O) groups is 2. The highest BCUT2D eigenvalue weighted by Crippen LogP contribution is 2.37. The summed E-state index contributed by atoms with van der Waals surface area (Å²) >= 11 is 5.96. The minimum atomic E-state index is -4.13. The third-order valence-corrected chi connectivity index (χ3v) is 7.12. The lowest BCUT2D eigenvalue weighted by Crippen LogP contribution is -2.52. The molecule has 0 aliphatic carbocycles. The Morgan fingerprint density at radius 2 is 1.78 bits per heavy atom. The third-order valence-electron chi connectivity index (χ3n) is 5.05. The van der Waals surface area contributed by atoms with E-state index in [0.29, 0.717) is 22.1 Å². The number of para-hydroxylation sites is 2. The molecule has 2 N–H and O–H groups in total. The second-order valence-corrected chi connectivity index (χ2v) is 9.65. The summed E-state index contributed by atoms with van der Waals surface area (Å²) in [6, 6.07) is 18.2. The largest absolute Gasteiger partial charge is 0.326 e. The predicted molar refractivity (Wildman–Crippen MR) is 124 cm³/mol. The standard InChI is InChI=1S/C23H20ClN3O4S/c1-15-9-11-18(12-10-15)32(30,31)27-20-8-3-2-7-19(20)26-23(29)21(27)14-22(28)25-17-6-4-5-16(24)13-17/h2-13,21H,14H2,1H3,(H,25,28)(H,26,29). The Balaban J connectivity index is 1.71. The second kappa shape index (κ2) is 8.64. The zero-order valence-corrected chi connectivity index (χ0v) is 18.7. The molecule has 1 unspecified atom stereocenters. The second-order valence-electron chi connectivity index (χ2n) is 7.40. The van der Waals surface area contributed by atoms with Crippen LogP contribution >= 0.6 is 11.6 Å². The van der Waals surface area contributed by atoms with E-state index in [9.17, 15) is 18.0 Å². The van der Waals surface area contributed by atoms with Crippen LogP contribution in [0.2, 0.25) is 5.02 Å². The maximum atomic E-state index is 13.6. The quantitative estimate of drug-likeness (QED) is 0.585. The molecule has 2 amide bonds. The molecule has 32 heavy (non-hydrogen) atoms. The van der Waals surface area contributed by atoms with Gasteiger partial charge in [-0.15, -0.1) is 0 Å². The van der Waals surface area contributed by atoms with Crippen LogP contribution in [-0.4, -0.2) is 26.3 Å². The average Bonchev–Trinajstić information content (AvgIpc) is 2.74. The Morgan fingerprint density at radius 3 is 2.50 bits per heavy atom. The highest BCUT2D eigenvalue weighted by atomic mass is 35.5. The lowest BCUT2D eigenvalue weighted by Gasteiger charge is -2.36. The van der Waals surface area contributed by atoms with E-state index < -0.39 is 27.9 Å². The molecule has 0 saturated heterocycles. The fraction of sp³-hybridized carbons (Fsp3) is 0.130. The van der Waals surface area contributed by atoms with Crippen molar-refractivity contribution in [3.63, 3.8) is 0 Å². The average molecular weight is 470 g/mol. The van der Waals surface area contributed by atoms with E-state index in [1.54, 1.807) is 60.7 Å². The zero-order valence-electron chi connectivity index (χ0n) is 17.1. The Morgan fingerprint density at radius 1 is 1.06 bits per heavy atom. The van der Waals surface area contributed by atoms with Gasteiger partial charge < -0.3 is 10.6 Å². The van der Waals surface area contributed by atoms with E-state index in [0.717, 1.165) is 9.87 Å². The number of aryl methyl sites for hydroxylation is 1. The number of sulfonamides is 1. The van der Waals surface area contributed by atoms with Crippen molar-refractivity contribution < 1.29 is 18.0 Å². The van der Waals surface area contributed by atoms with Crippen molar-refractivity contribution >= 4 is 50.5 Å². The number of fused-ring (bicyclic) bond motifs is 1. The number of rotatable bonds is 5. The molecule has 0 radical (unpaired) electrons. The minimum Gasteiger partial charge on any atom is -0.326 e. The van der Waals surface area contributed by atoms with Gasteiger partial charge >= 0.3 is 0 Å². The van der Waals surface area contributed by atoms with Crippen LogP contribution < -0.4 is 14.9 Å². The first-order valence-corrected chi connectivity index (χ1v) is 11.6. The molecule has 0 bridgehead atoms. The monoisotopic (exact) mass is 469 g/mol. The molecule has 164 valence electrons. The number of anilines is 3. The molecule has 1 heterocycles. The summed E-state index contributed by atoms with van der Waals surface area (Å²) in [5.41, 5.74) is 2.01. The fourth-order valence-corrected chi connectivity index (χ4v) is 5.33. The molecule has 0 saturated carbocycles. The Labute approximate surface area is 191 Å². The maximum absolute atomic E-state index is 13.6. The van der Waals surface area contributed by atoms with E-state index in [1.165, 1.54) is 12.1 Å². The predicted octanol–water partition coefficient (Wildman–Crippen LogP) is 4.19. The Bertz CT molecular complexity index is 1290. The molecule has 0 spiro atoms. The van der Waals surface area contributed by atoms with Gasteiger partial charge in [0.25, 0.3) is 10.0 Å². The third kappa shape index (κ3) is 4.32. The van der Waals surface area contributed by atoms with Crippen LogP contribution in [0.5, 0.6) is 0 Å². The van der Waals surface area contributed by atoms with Crippen LogP contribution in [0, 0.1) is 6.92 Å². The number of hydrogen-bond donors (Lipinski definition) is 2. The highest BCUT2D eigenvalue weighted by molar-refractivity contribution is 7.93. The number of nitrogens with one attached hydrogen (secondary N) is 2. The van der Waals surface area contributed by atoms with Crippen LogP contribution in [0.15, 0.2) is 77.7 Å². The molecule has 9 heteroatoms. The van der Waals surface area contributed by atoms with Gasteiger partial charge in [-0.25, -0.2) is 8.42 Å². The normalized spacial score (nSPS) is 15.6. The van der Waals surface area contributed by atoms with Gasteiger partial charge in [0, 0.05) is 10.7 Å². The number of carbonyl (C=O) groups excluding carboxylic acids is 2. The fourth-order valence-electron chi connectivity index (χ4n) is 3.51. The van der Waals surface area contributed by atoms with Crippen LogP contribution in [0.4, 0.5) is 17.1 Å². The summed E-state index contributed by atoms with van der Waals surface area (Å²) in [6.45, 7) is 1.85. The van der Waals surface area contributed by atoms with Gasteiger partial charge in [-0.05, 0) is 49.4 Å². The first kappa shape index (κ1) is 21.9. The first-order valence-electron chi connectivity index (χ1n) is 9.82. The summed E-state index contributed by atoms with van der Waals surface area (Å²) in [6.07, 6.45) is -0.377. The van der Waals surface area contributed by atoms with E-state index in [4.69, 9.17) is 11.6 Å². The topological polar surface area (TPSA) is 95.6 Å². The molecule has 0 fully saturated rings. The van der Waals surface area contributed by atoms with E-state index in [2.05, 4.69) is 10.6 Å². The van der Waals surface area contributed by atoms with Crippen molar-refractivity contribution in [1.82, 2.24) is 0 Å². The molecule has 1 aliphatic heterocycles. The molecule has 1 aliphatic rings. The lowest BCUT2D eigenvalue weighted by atomic mass is 10.1. The van der Waals surface area contributed by atoms with Crippen molar-refractivity contribution in [3.8, 4) is 0 Å². The minimum absolute atomic E-state index is 0.0350. The van der Waals surface area contributed by atoms with E-state index >= 15 is 0 Å². The van der Waals surface area contributed by atoms with Gasteiger partial charge in [0.05, 0.1) is 22.7 Å². The molecule has 3 aromatic rings. The van der Waals surface area contributed by atoms with Crippen molar-refractivity contribution in [2.45, 2.75) is 24.3 Å². The number of amides is 2. The Hall–Kier alpha value is -3.36. The summed E-state index contributed by atoms with van der Waals surface area (Å²) < 4.78 is 28.2. The molecule has 1 atom stereocenters. The van der Waals surface area contributed by atoms with Gasteiger partial charge in [-0.1, -0.05) is 47.5 Å². The number of nitrogens with zero attached hydrogens (tertiary/aromatic N) is 1. The molecular formula is C23H20ClN3O4S. The number of halogens is 1. The molecule has 0 aromatic heterocycles. The van der Waals surface area contributed by atoms with Gasteiger partial charge in [0.15, 0.2) is 0 Å². The number of benzene rings is 3. The maximum Gasteiger partial charge on any atom is 0.265 e. The van der Waals surface area contributed by atoms with Gasteiger partial charge in [-0.3, -0.25) is 13.9 Å². The van der Waals surface area contributed by atoms with Crippen LogP contribution in [-0.2, 0) is 19.6 Å². The highest BCUT2D eigenvalue weighted by Gasteiger charge is 2.41. The molecule has 3 aromatic carbocycles. The first-order chi connectivity index (χ1) is 15.3. The molecule has 4 rings (SSSR count). The number of hydrogen-bond acceptors (Lipinski definition) is 4. The SMILES string of the molecule is Cc1ccc(S(=O)(=O)N2c3ccccc3NC(=O)C2CC(=O)Nc2cccc(Cl)c2)cc1. The summed E-state index contributed by atoms with van der Waals surface area (Å²) in [7, 11) is -4.13. The van der Waals surface area contributed by atoms with Crippen LogP contribution in [0.1, 0.15) is 12.0 Å².